The highest BCUT2D eigenvalue weighted by atomic mass is 16.4. The van der Waals surface area contributed by atoms with Crippen molar-refractivity contribution in [1.29, 1.82) is 0 Å². The first-order valence-corrected chi connectivity index (χ1v) is 7.63. The lowest BCUT2D eigenvalue weighted by atomic mass is 9.76. The number of nitrogens with zero attached hydrogens (tertiary/aromatic N) is 2. The number of hydrogen-bond donors (Lipinski definition) is 1. The standard InChI is InChI=1S/C15H26N2O3/c1-11(2)15(13(18)19)8-9-17(10-15)14(20)16(3)12-6-4-5-7-12/h11-12H,4-10H2,1-3H3,(H,18,19). The lowest BCUT2D eigenvalue weighted by Crippen LogP contribution is -2.46. The van der Waals surface area contributed by atoms with Gasteiger partial charge in [0.2, 0.25) is 0 Å². The van der Waals surface area contributed by atoms with Gasteiger partial charge in [0.05, 0.1) is 5.41 Å². The number of amides is 2. The smallest absolute Gasteiger partial charge is 0.320 e. The number of aliphatic carboxylic acids is 1. The van der Waals surface area contributed by atoms with Crippen LogP contribution in [0.4, 0.5) is 4.79 Å². The first-order chi connectivity index (χ1) is 9.38. The molecule has 1 saturated carbocycles. The molecule has 1 aliphatic heterocycles. The van der Waals surface area contributed by atoms with Crippen molar-refractivity contribution in [3.8, 4) is 0 Å². The van der Waals surface area contributed by atoms with E-state index in [1.165, 1.54) is 12.8 Å². The van der Waals surface area contributed by atoms with Gasteiger partial charge in [-0.2, -0.15) is 0 Å². The number of urea groups is 1. The van der Waals surface area contributed by atoms with Gasteiger partial charge in [0, 0.05) is 26.2 Å². The van der Waals surface area contributed by atoms with Gasteiger partial charge in [-0.25, -0.2) is 4.79 Å². The minimum atomic E-state index is -0.772. The molecule has 5 heteroatoms. The summed E-state index contributed by atoms with van der Waals surface area (Å²) in [6.07, 6.45) is 5.08. The first kappa shape index (κ1) is 15.1. The Balaban J connectivity index is 2.04. The van der Waals surface area contributed by atoms with Crippen molar-refractivity contribution >= 4 is 12.0 Å². The summed E-state index contributed by atoms with van der Waals surface area (Å²) < 4.78 is 0. The molecule has 2 aliphatic rings. The molecule has 0 aromatic rings. The highest BCUT2D eigenvalue weighted by molar-refractivity contribution is 5.80. The summed E-state index contributed by atoms with van der Waals surface area (Å²) in [5.41, 5.74) is -0.772. The van der Waals surface area contributed by atoms with Gasteiger partial charge in [0.15, 0.2) is 0 Å². The van der Waals surface area contributed by atoms with Crippen molar-refractivity contribution in [3.63, 3.8) is 0 Å². The van der Waals surface area contributed by atoms with E-state index in [0.717, 1.165) is 12.8 Å². The van der Waals surface area contributed by atoms with E-state index in [0.29, 0.717) is 25.6 Å². The molecule has 2 fully saturated rings. The van der Waals surface area contributed by atoms with Crippen molar-refractivity contribution in [2.45, 2.75) is 52.0 Å². The van der Waals surface area contributed by atoms with Gasteiger partial charge in [-0.15, -0.1) is 0 Å². The van der Waals surface area contributed by atoms with E-state index in [1.54, 1.807) is 4.90 Å². The second-order valence-corrected chi connectivity index (χ2v) is 6.62. The molecule has 1 atom stereocenters. The van der Waals surface area contributed by atoms with Crippen LogP contribution in [-0.4, -0.2) is 53.1 Å². The van der Waals surface area contributed by atoms with Gasteiger partial charge >= 0.3 is 12.0 Å². The molecule has 2 rings (SSSR count). The SMILES string of the molecule is CC(C)C1(C(=O)O)CCN(C(=O)N(C)C2CCCC2)C1. The van der Waals surface area contributed by atoms with Gasteiger partial charge in [0.1, 0.15) is 0 Å². The van der Waals surface area contributed by atoms with Crippen molar-refractivity contribution in [1.82, 2.24) is 9.80 Å². The molecule has 2 amide bonds. The zero-order valence-electron chi connectivity index (χ0n) is 12.8. The first-order valence-electron chi connectivity index (χ1n) is 7.63. The van der Waals surface area contributed by atoms with Crippen LogP contribution in [0.2, 0.25) is 0 Å². The lowest BCUT2D eigenvalue weighted by molar-refractivity contribution is -0.150. The van der Waals surface area contributed by atoms with Crippen LogP contribution in [0, 0.1) is 11.3 Å². The number of likely N-dealkylation sites (tertiary alicyclic amines) is 1. The molecule has 1 heterocycles. The van der Waals surface area contributed by atoms with E-state index in [1.807, 2.05) is 25.8 Å². The number of carbonyl (C=O) groups excluding carboxylic acids is 1. The van der Waals surface area contributed by atoms with Crippen LogP contribution in [0.25, 0.3) is 0 Å². The Labute approximate surface area is 120 Å². The number of hydrogen-bond acceptors (Lipinski definition) is 2. The zero-order valence-corrected chi connectivity index (χ0v) is 12.8. The van der Waals surface area contributed by atoms with E-state index < -0.39 is 11.4 Å². The summed E-state index contributed by atoms with van der Waals surface area (Å²) in [5, 5.41) is 9.53. The van der Waals surface area contributed by atoms with Crippen molar-refractivity contribution in [3.05, 3.63) is 0 Å². The van der Waals surface area contributed by atoms with E-state index in [4.69, 9.17) is 0 Å². The number of carboxylic acids is 1. The predicted octanol–water partition coefficient (Wildman–Crippen LogP) is 2.41. The third kappa shape index (κ3) is 2.50. The molecule has 20 heavy (non-hydrogen) atoms. The largest absolute Gasteiger partial charge is 0.481 e. The Morgan fingerprint density at radius 3 is 2.35 bits per heavy atom. The maximum Gasteiger partial charge on any atom is 0.320 e. The Bertz CT molecular complexity index is 391. The quantitative estimate of drug-likeness (QED) is 0.864. The average Bonchev–Trinajstić information content (AvgIpc) is 3.06. The summed E-state index contributed by atoms with van der Waals surface area (Å²) in [5.74, 6) is -0.735. The zero-order chi connectivity index (χ0) is 14.9. The van der Waals surface area contributed by atoms with E-state index in [2.05, 4.69) is 0 Å². The Morgan fingerprint density at radius 1 is 1.30 bits per heavy atom. The molecule has 0 radical (unpaired) electrons. The van der Waals surface area contributed by atoms with Crippen molar-refractivity contribution in [2.24, 2.45) is 11.3 Å². The van der Waals surface area contributed by atoms with Crippen molar-refractivity contribution < 1.29 is 14.7 Å². The second kappa shape index (κ2) is 5.62. The molecule has 0 aromatic heterocycles. The van der Waals surface area contributed by atoms with E-state index in [9.17, 15) is 14.7 Å². The molecule has 1 N–H and O–H groups in total. The topological polar surface area (TPSA) is 60.9 Å². The summed E-state index contributed by atoms with van der Waals surface area (Å²) in [6.45, 7) is 4.77. The number of rotatable bonds is 3. The predicted molar refractivity (Wildman–Crippen MR) is 76.5 cm³/mol. The molecule has 0 spiro atoms. The summed E-state index contributed by atoms with van der Waals surface area (Å²) >= 11 is 0. The molecule has 0 aromatic carbocycles. The summed E-state index contributed by atoms with van der Waals surface area (Å²) in [4.78, 5) is 27.7. The summed E-state index contributed by atoms with van der Waals surface area (Å²) in [6, 6.07) is 0.335. The molecule has 1 aliphatic carbocycles. The van der Waals surface area contributed by atoms with Crippen molar-refractivity contribution in [2.75, 3.05) is 20.1 Å². The van der Waals surface area contributed by atoms with Gasteiger partial charge in [-0.3, -0.25) is 4.79 Å². The van der Waals surface area contributed by atoms with Crippen LogP contribution >= 0.6 is 0 Å². The lowest BCUT2D eigenvalue weighted by Gasteiger charge is -2.32. The van der Waals surface area contributed by atoms with Crippen LogP contribution in [0.1, 0.15) is 46.0 Å². The fourth-order valence-electron chi connectivity index (χ4n) is 3.56. The van der Waals surface area contributed by atoms with Gasteiger partial charge in [-0.1, -0.05) is 26.7 Å². The van der Waals surface area contributed by atoms with E-state index >= 15 is 0 Å². The highest BCUT2D eigenvalue weighted by Crippen LogP contribution is 2.38. The Morgan fingerprint density at radius 2 is 1.90 bits per heavy atom. The minimum absolute atomic E-state index is 0.000625. The van der Waals surface area contributed by atoms with Gasteiger partial charge in [-0.05, 0) is 25.2 Å². The van der Waals surface area contributed by atoms with Crippen LogP contribution in [-0.2, 0) is 4.79 Å². The van der Waals surface area contributed by atoms with E-state index in [-0.39, 0.29) is 11.9 Å². The fraction of sp³-hybridized carbons (Fsp3) is 0.867. The van der Waals surface area contributed by atoms with Crippen LogP contribution in [0.5, 0.6) is 0 Å². The monoisotopic (exact) mass is 282 g/mol. The van der Waals surface area contributed by atoms with Gasteiger partial charge < -0.3 is 14.9 Å². The third-order valence-corrected chi connectivity index (χ3v) is 5.28. The highest BCUT2D eigenvalue weighted by Gasteiger charge is 2.49. The third-order valence-electron chi connectivity index (χ3n) is 5.28. The van der Waals surface area contributed by atoms with Crippen LogP contribution in [0.15, 0.2) is 0 Å². The molecule has 5 nitrogen and oxygen atoms in total. The molecule has 1 saturated heterocycles. The van der Waals surface area contributed by atoms with Gasteiger partial charge in [0.25, 0.3) is 0 Å². The van der Waals surface area contributed by atoms with Crippen LogP contribution in [0.3, 0.4) is 0 Å². The fourth-order valence-corrected chi connectivity index (χ4v) is 3.56. The Hall–Kier alpha value is -1.26. The number of carboxylic acid groups (broad SMARTS) is 1. The maximum atomic E-state index is 12.5. The molecule has 114 valence electrons. The van der Waals surface area contributed by atoms with Crippen LogP contribution < -0.4 is 0 Å². The summed E-state index contributed by atoms with van der Waals surface area (Å²) in [7, 11) is 1.86. The second-order valence-electron chi connectivity index (χ2n) is 6.62. The number of carbonyl (C=O) groups is 2. The molecular formula is C15H26N2O3. The molecular weight excluding hydrogens is 256 g/mol. The molecule has 1 unspecified atom stereocenters. The maximum absolute atomic E-state index is 12.5. The normalized spacial score (nSPS) is 27.3. The average molecular weight is 282 g/mol. The molecule has 0 bridgehead atoms. The minimum Gasteiger partial charge on any atom is -0.481 e. The Kier molecular flexibility index (Phi) is 4.25.